The Morgan fingerprint density at radius 1 is 1.58 bits per heavy atom. The van der Waals surface area contributed by atoms with E-state index >= 15 is 0 Å². The average molecular weight is 291 g/mol. The predicted octanol–water partition coefficient (Wildman–Crippen LogP) is -0.906. The minimum absolute atomic E-state index is 0.209. The van der Waals surface area contributed by atoms with Gasteiger partial charge < -0.3 is 9.84 Å². The van der Waals surface area contributed by atoms with Crippen LogP contribution in [0.3, 0.4) is 0 Å². The van der Waals surface area contributed by atoms with Gasteiger partial charge in [0, 0.05) is 6.42 Å². The molecule has 0 saturated carbocycles. The number of H-pyrrole nitrogens is 1. The Balaban J connectivity index is 2.74. The van der Waals surface area contributed by atoms with Crippen LogP contribution in [0.15, 0.2) is 17.3 Å². The third-order valence-corrected chi connectivity index (χ3v) is 3.63. The van der Waals surface area contributed by atoms with E-state index in [-0.39, 0.29) is 17.9 Å². The van der Waals surface area contributed by atoms with Crippen molar-refractivity contribution in [2.24, 2.45) is 0 Å². The van der Waals surface area contributed by atoms with Crippen LogP contribution in [-0.2, 0) is 24.3 Å². The van der Waals surface area contributed by atoms with Crippen molar-refractivity contribution in [3.63, 3.8) is 0 Å². The minimum Gasteiger partial charge on any atom is -0.480 e. The first-order chi connectivity index (χ1) is 8.86. The number of sulfonamides is 1. The Labute approximate surface area is 109 Å². The smallest absolute Gasteiger partial charge is 0.321 e. The van der Waals surface area contributed by atoms with Crippen LogP contribution in [0.1, 0.15) is 12.8 Å². The van der Waals surface area contributed by atoms with Crippen molar-refractivity contribution in [3.05, 3.63) is 12.3 Å². The third kappa shape index (κ3) is 4.34. The molecule has 1 aromatic rings. The number of carboxylic acid groups (broad SMARTS) is 1. The molecular formula is C9H13N3O6S. The van der Waals surface area contributed by atoms with Crippen molar-refractivity contribution in [2.75, 3.05) is 7.11 Å². The second-order valence-electron chi connectivity index (χ2n) is 3.55. The number of nitrogens with zero attached hydrogens (tertiary/aromatic N) is 1. The van der Waals surface area contributed by atoms with Gasteiger partial charge in [0.2, 0.25) is 0 Å². The number of ether oxygens (including phenoxy) is 1. The highest BCUT2D eigenvalue weighted by atomic mass is 32.2. The first kappa shape index (κ1) is 15.1. The number of aromatic amines is 1. The Morgan fingerprint density at radius 3 is 2.74 bits per heavy atom. The molecule has 0 bridgehead atoms. The molecule has 0 spiro atoms. The second kappa shape index (κ2) is 6.29. The van der Waals surface area contributed by atoms with Gasteiger partial charge in [0.05, 0.1) is 13.3 Å². The molecule has 9 nitrogen and oxygen atoms in total. The normalized spacial score (nSPS) is 12.9. The van der Waals surface area contributed by atoms with E-state index in [1.165, 1.54) is 12.3 Å². The lowest BCUT2D eigenvalue weighted by molar-refractivity contribution is -0.142. The van der Waals surface area contributed by atoms with Crippen molar-refractivity contribution in [2.45, 2.75) is 23.9 Å². The Morgan fingerprint density at radius 2 is 2.26 bits per heavy atom. The summed E-state index contributed by atoms with van der Waals surface area (Å²) in [6.07, 6.45) is 0.799. The Kier molecular flexibility index (Phi) is 5.01. The fraction of sp³-hybridized carbons (Fsp3) is 0.444. The van der Waals surface area contributed by atoms with Gasteiger partial charge in [-0.2, -0.15) is 9.82 Å². The van der Waals surface area contributed by atoms with Gasteiger partial charge in [0.25, 0.3) is 10.0 Å². The predicted molar refractivity (Wildman–Crippen MR) is 61.6 cm³/mol. The number of carboxylic acids is 1. The molecule has 1 aromatic heterocycles. The van der Waals surface area contributed by atoms with E-state index in [1.807, 2.05) is 4.72 Å². The Bertz CT molecular complexity index is 538. The first-order valence-corrected chi connectivity index (χ1v) is 6.66. The first-order valence-electron chi connectivity index (χ1n) is 5.18. The summed E-state index contributed by atoms with van der Waals surface area (Å²) in [6, 6.07) is -0.242. The fourth-order valence-corrected chi connectivity index (χ4v) is 2.37. The molecule has 0 aromatic carbocycles. The molecule has 0 amide bonds. The number of aromatic nitrogens is 2. The molecule has 0 aliphatic heterocycles. The number of methoxy groups -OCH3 is 1. The maximum Gasteiger partial charge on any atom is 0.321 e. The number of rotatable bonds is 7. The van der Waals surface area contributed by atoms with Crippen molar-refractivity contribution in [3.8, 4) is 0 Å². The van der Waals surface area contributed by atoms with Crippen molar-refractivity contribution >= 4 is 22.0 Å². The van der Waals surface area contributed by atoms with E-state index in [9.17, 15) is 18.0 Å². The molecule has 1 atom stereocenters. The molecule has 106 valence electrons. The molecule has 0 aliphatic rings. The van der Waals surface area contributed by atoms with Gasteiger partial charge in [-0.15, -0.1) is 0 Å². The molecule has 10 heteroatoms. The highest BCUT2D eigenvalue weighted by molar-refractivity contribution is 7.89. The summed E-state index contributed by atoms with van der Waals surface area (Å²) in [7, 11) is -2.86. The van der Waals surface area contributed by atoms with Crippen LogP contribution in [0.5, 0.6) is 0 Å². The van der Waals surface area contributed by atoms with Crippen molar-refractivity contribution in [1.82, 2.24) is 14.9 Å². The molecule has 1 heterocycles. The van der Waals surface area contributed by atoms with E-state index in [2.05, 4.69) is 14.9 Å². The van der Waals surface area contributed by atoms with E-state index in [0.717, 1.165) is 7.11 Å². The van der Waals surface area contributed by atoms with Gasteiger partial charge in [-0.25, -0.2) is 8.42 Å². The average Bonchev–Trinajstić information content (AvgIpc) is 2.88. The van der Waals surface area contributed by atoms with E-state index in [4.69, 9.17) is 5.11 Å². The molecule has 3 N–H and O–H groups in total. The lowest BCUT2D eigenvalue weighted by Gasteiger charge is -2.13. The van der Waals surface area contributed by atoms with Gasteiger partial charge in [0.15, 0.2) is 5.03 Å². The zero-order valence-corrected chi connectivity index (χ0v) is 10.8. The highest BCUT2D eigenvalue weighted by Gasteiger charge is 2.26. The van der Waals surface area contributed by atoms with Crippen LogP contribution in [0.25, 0.3) is 0 Å². The van der Waals surface area contributed by atoms with Gasteiger partial charge in [-0.1, -0.05) is 0 Å². The number of aliphatic carboxylic acids is 1. The number of hydrogen-bond donors (Lipinski definition) is 3. The summed E-state index contributed by atoms with van der Waals surface area (Å²) in [5.41, 5.74) is 0. The van der Waals surface area contributed by atoms with Crippen LogP contribution in [0.2, 0.25) is 0 Å². The number of hydrogen-bond acceptors (Lipinski definition) is 6. The van der Waals surface area contributed by atoms with Crippen LogP contribution in [0, 0.1) is 0 Å². The summed E-state index contributed by atoms with van der Waals surface area (Å²) in [6.45, 7) is 0. The van der Waals surface area contributed by atoms with E-state index in [0.29, 0.717) is 0 Å². The summed E-state index contributed by atoms with van der Waals surface area (Å²) < 4.78 is 29.8. The van der Waals surface area contributed by atoms with Gasteiger partial charge in [-0.3, -0.25) is 14.7 Å². The SMILES string of the molecule is COC(=O)CCC(NS(=O)(=O)c1ccn[nH]1)C(=O)O. The van der Waals surface area contributed by atoms with Crippen LogP contribution < -0.4 is 4.72 Å². The summed E-state index contributed by atoms with van der Waals surface area (Å²) in [5.74, 6) is -2.00. The molecule has 19 heavy (non-hydrogen) atoms. The Hall–Kier alpha value is -1.94. The van der Waals surface area contributed by atoms with Crippen LogP contribution in [-0.4, -0.2) is 48.8 Å². The summed E-state index contributed by atoms with van der Waals surface area (Å²) >= 11 is 0. The maximum atomic E-state index is 11.8. The molecule has 0 fully saturated rings. The third-order valence-electron chi connectivity index (χ3n) is 2.23. The van der Waals surface area contributed by atoms with Crippen LogP contribution in [0.4, 0.5) is 0 Å². The lowest BCUT2D eigenvalue weighted by atomic mass is 10.2. The van der Waals surface area contributed by atoms with Gasteiger partial charge in [0.1, 0.15) is 6.04 Å². The second-order valence-corrected chi connectivity index (χ2v) is 5.23. The number of esters is 1. The molecule has 0 radical (unpaired) electrons. The van der Waals surface area contributed by atoms with E-state index in [1.54, 1.807) is 0 Å². The lowest BCUT2D eigenvalue weighted by Crippen LogP contribution is -2.41. The molecule has 0 aliphatic carbocycles. The standard InChI is InChI=1S/C9H13N3O6S/c1-18-8(13)3-2-6(9(14)15)12-19(16,17)7-4-5-10-11-7/h4-6,12H,2-3H2,1H3,(H,10,11)(H,14,15). The molecule has 1 unspecified atom stereocenters. The van der Waals surface area contributed by atoms with Gasteiger partial charge in [-0.05, 0) is 12.5 Å². The van der Waals surface area contributed by atoms with Crippen molar-refractivity contribution in [1.29, 1.82) is 0 Å². The fourth-order valence-electron chi connectivity index (χ4n) is 1.24. The number of carbonyl (C=O) groups excluding carboxylic acids is 1. The monoisotopic (exact) mass is 291 g/mol. The molecular weight excluding hydrogens is 278 g/mol. The highest BCUT2D eigenvalue weighted by Crippen LogP contribution is 2.07. The van der Waals surface area contributed by atoms with E-state index < -0.39 is 28.0 Å². The zero-order valence-electron chi connectivity index (χ0n) is 9.99. The zero-order chi connectivity index (χ0) is 14.5. The van der Waals surface area contributed by atoms with Crippen LogP contribution >= 0.6 is 0 Å². The summed E-state index contributed by atoms with van der Waals surface area (Å²) in [5, 5.41) is 14.3. The number of nitrogens with one attached hydrogen (secondary N) is 2. The molecule has 1 rings (SSSR count). The number of carbonyl (C=O) groups is 2. The van der Waals surface area contributed by atoms with Crippen molar-refractivity contribution < 1.29 is 27.9 Å². The van der Waals surface area contributed by atoms with Gasteiger partial charge >= 0.3 is 11.9 Å². The summed E-state index contributed by atoms with van der Waals surface area (Å²) in [4.78, 5) is 21.9. The maximum absolute atomic E-state index is 11.8. The quantitative estimate of drug-likeness (QED) is 0.553. The largest absolute Gasteiger partial charge is 0.480 e. The molecule has 0 saturated heterocycles. The minimum atomic E-state index is -4.02. The topological polar surface area (TPSA) is 138 Å².